The fraction of sp³-hybridized carbons (Fsp3) is 0.526. The minimum atomic E-state index is -4.41. The summed E-state index contributed by atoms with van der Waals surface area (Å²) in [6.07, 6.45) is 2.12. The number of benzene rings is 1. The summed E-state index contributed by atoms with van der Waals surface area (Å²) in [6.45, 7) is 0.757. The number of hydrogen-bond donors (Lipinski definition) is 2. The predicted molar refractivity (Wildman–Crippen MR) is 97.1 cm³/mol. The first-order valence-corrected chi connectivity index (χ1v) is 8.85. The predicted octanol–water partition coefficient (Wildman–Crippen LogP) is 4.14. The summed E-state index contributed by atoms with van der Waals surface area (Å²) >= 11 is 0. The van der Waals surface area contributed by atoms with E-state index in [0.717, 1.165) is 36.7 Å². The lowest BCUT2D eigenvalue weighted by molar-refractivity contribution is -0.153. The summed E-state index contributed by atoms with van der Waals surface area (Å²) in [6, 6.07) is 4.38. The van der Waals surface area contributed by atoms with Crippen molar-refractivity contribution < 1.29 is 17.9 Å². The van der Waals surface area contributed by atoms with Gasteiger partial charge < -0.3 is 20.4 Å². The molecule has 1 aliphatic carbocycles. The fourth-order valence-corrected chi connectivity index (χ4v) is 3.17. The molecule has 0 radical (unpaired) electrons. The van der Waals surface area contributed by atoms with Gasteiger partial charge in [-0.05, 0) is 44.7 Å². The van der Waals surface area contributed by atoms with Gasteiger partial charge >= 0.3 is 6.18 Å². The van der Waals surface area contributed by atoms with E-state index in [2.05, 4.69) is 17.1 Å². The van der Waals surface area contributed by atoms with Crippen molar-refractivity contribution in [2.24, 2.45) is 0 Å². The molecule has 1 aromatic rings. The van der Waals surface area contributed by atoms with Crippen LogP contribution in [0.5, 0.6) is 5.75 Å². The van der Waals surface area contributed by atoms with Crippen molar-refractivity contribution in [2.75, 3.05) is 18.6 Å². The molecule has 0 amide bonds. The highest BCUT2D eigenvalue weighted by molar-refractivity contribution is 6.09. The van der Waals surface area contributed by atoms with E-state index in [1.807, 2.05) is 13.1 Å². The SMILES string of the molecule is CC1CCc2c(ccc(/C(C=N)=C/NC3CC3)c2OCC(F)(F)F)N1C. The number of allylic oxidation sites excluding steroid dienone is 1. The van der Waals surface area contributed by atoms with E-state index in [9.17, 15) is 13.2 Å². The van der Waals surface area contributed by atoms with E-state index in [-0.39, 0.29) is 5.75 Å². The Kier molecular flexibility index (Phi) is 5.16. The van der Waals surface area contributed by atoms with Gasteiger partial charge in [-0.3, -0.25) is 0 Å². The van der Waals surface area contributed by atoms with Crippen LogP contribution in [0.15, 0.2) is 18.3 Å². The molecule has 0 aromatic heterocycles. The maximum atomic E-state index is 12.8. The second-order valence-corrected chi connectivity index (χ2v) is 7.03. The number of halogens is 3. The largest absolute Gasteiger partial charge is 0.483 e. The van der Waals surface area contributed by atoms with E-state index in [4.69, 9.17) is 10.1 Å². The first kappa shape index (κ1) is 18.6. The maximum Gasteiger partial charge on any atom is 0.422 e. The average Bonchev–Trinajstić information content (AvgIpc) is 3.40. The monoisotopic (exact) mass is 367 g/mol. The van der Waals surface area contributed by atoms with Gasteiger partial charge in [-0.25, -0.2) is 0 Å². The Hall–Kier alpha value is -2.18. The number of rotatable bonds is 6. The lowest BCUT2D eigenvalue weighted by Crippen LogP contribution is -2.34. The molecule has 4 nitrogen and oxygen atoms in total. The summed E-state index contributed by atoms with van der Waals surface area (Å²) in [5.41, 5.74) is 2.73. The number of hydrogen-bond acceptors (Lipinski definition) is 4. The van der Waals surface area contributed by atoms with Gasteiger partial charge in [0.15, 0.2) is 6.61 Å². The summed E-state index contributed by atoms with van der Waals surface area (Å²) in [4.78, 5) is 2.07. The molecule has 1 aliphatic heterocycles. The zero-order valence-corrected chi connectivity index (χ0v) is 15.0. The molecular formula is C19H24F3N3O. The molecule has 1 fully saturated rings. The smallest absolute Gasteiger partial charge is 0.422 e. The van der Waals surface area contributed by atoms with Crippen LogP contribution in [-0.4, -0.2) is 38.1 Å². The van der Waals surface area contributed by atoms with Crippen molar-refractivity contribution in [1.29, 1.82) is 5.41 Å². The molecule has 7 heteroatoms. The summed E-state index contributed by atoms with van der Waals surface area (Å²) in [5.74, 6) is 0.242. The highest BCUT2D eigenvalue weighted by Crippen LogP contribution is 2.41. The zero-order chi connectivity index (χ0) is 18.9. The number of nitrogens with zero attached hydrogens (tertiary/aromatic N) is 1. The van der Waals surface area contributed by atoms with Crippen LogP contribution in [0.3, 0.4) is 0 Å². The quantitative estimate of drug-likeness (QED) is 0.743. The van der Waals surface area contributed by atoms with Crippen molar-refractivity contribution in [3.8, 4) is 5.75 Å². The van der Waals surface area contributed by atoms with E-state index in [1.54, 1.807) is 12.3 Å². The molecule has 1 atom stereocenters. The molecule has 0 saturated heterocycles. The number of anilines is 1. The van der Waals surface area contributed by atoms with Gasteiger partial charge in [0.1, 0.15) is 5.75 Å². The lowest BCUT2D eigenvalue weighted by Gasteiger charge is -2.35. The second-order valence-electron chi connectivity index (χ2n) is 7.03. The van der Waals surface area contributed by atoms with Crippen LogP contribution >= 0.6 is 0 Å². The van der Waals surface area contributed by atoms with Gasteiger partial charge in [-0.2, -0.15) is 13.2 Å². The zero-order valence-electron chi connectivity index (χ0n) is 15.0. The minimum Gasteiger partial charge on any atom is -0.483 e. The number of ether oxygens (including phenoxy) is 1. The highest BCUT2D eigenvalue weighted by atomic mass is 19.4. The fourth-order valence-electron chi connectivity index (χ4n) is 3.17. The lowest BCUT2D eigenvalue weighted by atomic mass is 9.92. The van der Waals surface area contributed by atoms with Crippen LogP contribution in [0, 0.1) is 5.41 Å². The molecule has 3 rings (SSSR count). The highest BCUT2D eigenvalue weighted by Gasteiger charge is 2.31. The van der Waals surface area contributed by atoms with Gasteiger partial charge in [0.05, 0.1) is 0 Å². The Labute approximate surface area is 151 Å². The average molecular weight is 367 g/mol. The molecule has 2 aliphatic rings. The van der Waals surface area contributed by atoms with Crippen LogP contribution in [0.2, 0.25) is 0 Å². The topological polar surface area (TPSA) is 48.4 Å². The molecule has 1 heterocycles. The van der Waals surface area contributed by atoms with E-state index >= 15 is 0 Å². The molecule has 0 spiro atoms. The van der Waals surface area contributed by atoms with Gasteiger partial charge in [-0.15, -0.1) is 0 Å². The Bertz CT molecular complexity index is 711. The standard InChI is InChI=1S/C19H24F3N3O/c1-12-3-6-16-17(25(12)2)8-7-15(18(16)26-11-19(20,21)22)13(9-23)10-24-14-4-5-14/h7-10,12,14,23-24H,3-6,11H2,1-2H3/b13-10+,23-9?. The summed E-state index contributed by atoms with van der Waals surface area (Å²) in [5, 5.41) is 10.9. The first-order valence-electron chi connectivity index (χ1n) is 8.85. The van der Waals surface area contributed by atoms with Crippen LogP contribution < -0.4 is 15.0 Å². The molecule has 1 unspecified atom stereocenters. The summed E-state index contributed by atoms with van der Waals surface area (Å²) in [7, 11) is 1.94. The van der Waals surface area contributed by atoms with Crippen LogP contribution in [0.4, 0.5) is 18.9 Å². The van der Waals surface area contributed by atoms with Crippen LogP contribution in [0.25, 0.3) is 5.57 Å². The molecule has 142 valence electrons. The van der Waals surface area contributed by atoms with Crippen molar-refractivity contribution >= 4 is 17.5 Å². The molecule has 1 aromatic carbocycles. The van der Waals surface area contributed by atoms with Crippen molar-refractivity contribution in [2.45, 2.75) is 50.9 Å². The van der Waals surface area contributed by atoms with Crippen LogP contribution in [0.1, 0.15) is 37.3 Å². The Morgan fingerprint density at radius 3 is 2.69 bits per heavy atom. The number of fused-ring (bicyclic) bond motifs is 1. The molecule has 2 N–H and O–H groups in total. The summed E-state index contributed by atoms with van der Waals surface area (Å²) < 4.78 is 43.6. The van der Waals surface area contributed by atoms with Crippen molar-refractivity contribution in [1.82, 2.24) is 5.32 Å². The van der Waals surface area contributed by atoms with Gasteiger partial charge in [0.2, 0.25) is 0 Å². The number of nitrogens with one attached hydrogen (secondary N) is 2. The van der Waals surface area contributed by atoms with Gasteiger partial charge in [0.25, 0.3) is 0 Å². The Morgan fingerprint density at radius 1 is 1.35 bits per heavy atom. The maximum absolute atomic E-state index is 12.8. The Morgan fingerprint density at radius 2 is 2.08 bits per heavy atom. The van der Waals surface area contributed by atoms with Crippen molar-refractivity contribution in [3.63, 3.8) is 0 Å². The molecule has 1 saturated carbocycles. The van der Waals surface area contributed by atoms with Crippen LogP contribution in [-0.2, 0) is 6.42 Å². The first-order chi connectivity index (χ1) is 12.3. The molecule has 0 bridgehead atoms. The van der Waals surface area contributed by atoms with Crippen molar-refractivity contribution in [3.05, 3.63) is 29.5 Å². The number of alkyl halides is 3. The third-order valence-electron chi connectivity index (χ3n) is 4.99. The van der Waals surface area contributed by atoms with E-state index < -0.39 is 12.8 Å². The normalized spacial score (nSPS) is 20.6. The molecule has 26 heavy (non-hydrogen) atoms. The second kappa shape index (κ2) is 7.21. The molecular weight excluding hydrogens is 343 g/mol. The van der Waals surface area contributed by atoms with E-state index in [1.165, 1.54) is 0 Å². The Balaban J connectivity index is 2.01. The van der Waals surface area contributed by atoms with Gasteiger partial charge in [0, 0.05) is 53.9 Å². The third kappa shape index (κ3) is 4.14. The third-order valence-corrected chi connectivity index (χ3v) is 4.99. The minimum absolute atomic E-state index is 0.242. The van der Waals surface area contributed by atoms with Gasteiger partial charge in [-0.1, -0.05) is 0 Å². The van der Waals surface area contributed by atoms with E-state index in [0.29, 0.717) is 29.6 Å².